The van der Waals surface area contributed by atoms with E-state index in [-0.39, 0.29) is 17.8 Å². The number of carbonyl (C=O) groups is 1. The number of anilines is 2. The molecule has 33 heavy (non-hydrogen) atoms. The molecule has 0 unspecified atom stereocenters. The zero-order valence-corrected chi connectivity index (χ0v) is 19.7. The fraction of sp³-hybridized carbons (Fsp3) is 0.321. The minimum absolute atomic E-state index is 0.0250. The molecule has 1 heterocycles. The van der Waals surface area contributed by atoms with E-state index in [1.807, 2.05) is 50.2 Å². The maximum absolute atomic E-state index is 13.6. The molecule has 0 radical (unpaired) electrons. The molecule has 5 heteroatoms. The number of amides is 1. The number of benzene rings is 3. The van der Waals surface area contributed by atoms with Gasteiger partial charge in [-0.2, -0.15) is 0 Å². The third kappa shape index (κ3) is 5.60. The standard InChI is InChI=1S/C28H32FN3O/c1-21-5-4-6-23(19-21)28(33)32(26-13-9-24(29)10-14-26)27-15-17-31(18-16-27)20-22-7-11-25(12-8-22)30(2)3/h4-14,19,27H,15-18,20H2,1-3H3. The number of hydrogen-bond donors (Lipinski definition) is 0. The first kappa shape index (κ1) is 23.0. The van der Waals surface area contributed by atoms with Crippen LogP contribution in [-0.4, -0.2) is 44.0 Å². The van der Waals surface area contributed by atoms with Crippen LogP contribution in [0.5, 0.6) is 0 Å². The first-order valence-corrected chi connectivity index (χ1v) is 11.5. The van der Waals surface area contributed by atoms with Gasteiger partial charge in [-0.15, -0.1) is 0 Å². The minimum Gasteiger partial charge on any atom is -0.378 e. The maximum atomic E-state index is 13.6. The lowest BCUT2D eigenvalue weighted by molar-refractivity contribution is 0.0958. The van der Waals surface area contributed by atoms with Gasteiger partial charge in [-0.3, -0.25) is 9.69 Å². The van der Waals surface area contributed by atoms with Crippen molar-refractivity contribution in [1.82, 2.24) is 4.90 Å². The topological polar surface area (TPSA) is 26.8 Å². The Hall–Kier alpha value is -3.18. The van der Waals surface area contributed by atoms with Crippen LogP contribution in [-0.2, 0) is 6.54 Å². The van der Waals surface area contributed by atoms with Crippen LogP contribution in [0.15, 0.2) is 72.8 Å². The van der Waals surface area contributed by atoms with Gasteiger partial charge in [-0.05, 0) is 73.9 Å². The van der Waals surface area contributed by atoms with Crippen LogP contribution in [0.3, 0.4) is 0 Å². The Bertz CT molecular complexity index is 1070. The zero-order chi connectivity index (χ0) is 23.4. The van der Waals surface area contributed by atoms with Gasteiger partial charge in [0.15, 0.2) is 0 Å². The van der Waals surface area contributed by atoms with Gasteiger partial charge >= 0.3 is 0 Å². The van der Waals surface area contributed by atoms with Gasteiger partial charge in [0.1, 0.15) is 5.82 Å². The lowest BCUT2D eigenvalue weighted by Gasteiger charge is -2.38. The highest BCUT2D eigenvalue weighted by Gasteiger charge is 2.30. The third-order valence-electron chi connectivity index (χ3n) is 6.37. The molecule has 0 saturated carbocycles. The summed E-state index contributed by atoms with van der Waals surface area (Å²) < 4.78 is 13.6. The largest absolute Gasteiger partial charge is 0.378 e. The summed E-state index contributed by atoms with van der Waals surface area (Å²) in [5.41, 5.74) is 4.96. The van der Waals surface area contributed by atoms with Crippen molar-refractivity contribution in [2.75, 3.05) is 37.0 Å². The molecule has 0 aliphatic carbocycles. The molecule has 0 N–H and O–H groups in total. The number of nitrogens with zero attached hydrogens (tertiary/aromatic N) is 3. The average molecular weight is 446 g/mol. The van der Waals surface area contributed by atoms with Gasteiger partial charge in [0.05, 0.1) is 0 Å². The first-order valence-electron chi connectivity index (χ1n) is 11.5. The molecule has 4 rings (SSSR count). The molecule has 0 aromatic heterocycles. The summed E-state index contributed by atoms with van der Waals surface area (Å²) in [6.45, 7) is 4.73. The van der Waals surface area contributed by atoms with E-state index in [2.05, 4.69) is 34.1 Å². The Morgan fingerprint density at radius 1 is 0.939 bits per heavy atom. The van der Waals surface area contributed by atoms with Crippen LogP contribution in [0, 0.1) is 12.7 Å². The van der Waals surface area contributed by atoms with Crippen LogP contribution >= 0.6 is 0 Å². The van der Waals surface area contributed by atoms with Crippen LogP contribution < -0.4 is 9.80 Å². The molecule has 3 aromatic carbocycles. The monoisotopic (exact) mass is 445 g/mol. The summed E-state index contributed by atoms with van der Waals surface area (Å²) in [6.07, 6.45) is 1.76. The number of hydrogen-bond acceptors (Lipinski definition) is 3. The van der Waals surface area contributed by atoms with Crippen molar-refractivity contribution < 1.29 is 9.18 Å². The first-order chi connectivity index (χ1) is 15.9. The summed E-state index contributed by atoms with van der Waals surface area (Å²) in [7, 11) is 4.09. The molecule has 1 aliphatic heterocycles. The number of aryl methyl sites for hydroxylation is 1. The van der Waals surface area contributed by atoms with Crippen molar-refractivity contribution in [2.24, 2.45) is 0 Å². The van der Waals surface area contributed by atoms with Crippen LogP contribution in [0.1, 0.15) is 34.3 Å². The Balaban J connectivity index is 1.48. The molecule has 1 aliphatic rings. The van der Waals surface area contributed by atoms with Crippen LogP contribution in [0.25, 0.3) is 0 Å². The van der Waals surface area contributed by atoms with Gasteiger partial charge in [0.25, 0.3) is 5.91 Å². The SMILES string of the molecule is Cc1cccc(C(=O)N(c2ccc(F)cc2)C2CCN(Cc3ccc(N(C)C)cc3)CC2)c1. The Morgan fingerprint density at radius 2 is 1.58 bits per heavy atom. The van der Waals surface area contributed by atoms with E-state index in [1.165, 1.54) is 23.4 Å². The van der Waals surface area contributed by atoms with Crippen molar-refractivity contribution in [2.45, 2.75) is 32.4 Å². The van der Waals surface area contributed by atoms with E-state index in [9.17, 15) is 9.18 Å². The number of likely N-dealkylation sites (tertiary alicyclic amines) is 1. The number of rotatable bonds is 6. The molecule has 0 bridgehead atoms. The van der Waals surface area contributed by atoms with E-state index in [0.717, 1.165) is 43.7 Å². The Morgan fingerprint density at radius 3 is 2.18 bits per heavy atom. The predicted molar refractivity (Wildman–Crippen MR) is 133 cm³/mol. The minimum atomic E-state index is -0.295. The lowest BCUT2D eigenvalue weighted by Crippen LogP contribution is -2.47. The van der Waals surface area contributed by atoms with Gasteiger partial charge in [0.2, 0.25) is 0 Å². The van der Waals surface area contributed by atoms with Crippen molar-refractivity contribution in [3.8, 4) is 0 Å². The second kappa shape index (κ2) is 10.2. The lowest BCUT2D eigenvalue weighted by atomic mass is 9.99. The van der Waals surface area contributed by atoms with Crippen LogP contribution in [0.2, 0.25) is 0 Å². The number of piperidine rings is 1. The highest BCUT2D eigenvalue weighted by molar-refractivity contribution is 6.06. The fourth-order valence-electron chi connectivity index (χ4n) is 4.51. The van der Waals surface area contributed by atoms with E-state index >= 15 is 0 Å². The molecular formula is C28H32FN3O. The molecule has 172 valence electrons. The quantitative estimate of drug-likeness (QED) is 0.500. The van der Waals surface area contributed by atoms with Gasteiger partial charge in [-0.25, -0.2) is 4.39 Å². The van der Waals surface area contributed by atoms with Gasteiger partial charge in [-0.1, -0.05) is 29.8 Å². The van der Waals surface area contributed by atoms with E-state index in [0.29, 0.717) is 5.56 Å². The second-order valence-electron chi connectivity index (χ2n) is 9.09. The number of carbonyl (C=O) groups excluding carboxylic acids is 1. The van der Waals surface area contributed by atoms with Crippen molar-refractivity contribution in [3.63, 3.8) is 0 Å². The van der Waals surface area contributed by atoms with Gasteiger partial charge < -0.3 is 9.80 Å². The fourth-order valence-corrected chi connectivity index (χ4v) is 4.51. The maximum Gasteiger partial charge on any atom is 0.258 e. The Kier molecular flexibility index (Phi) is 7.09. The molecule has 3 aromatic rings. The summed E-state index contributed by atoms with van der Waals surface area (Å²) in [5, 5.41) is 0. The average Bonchev–Trinajstić information content (AvgIpc) is 2.82. The van der Waals surface area contributed by atoms with Crippen LogP contribution in [0.4, 0.5) is 15.8 Å². The second-order valence-corrected chi connectivity index (χ2v) is 9.09. The molecule has 0 spiro atoms. The number of halogens is 1. The van der Waals surface area contributed by atoms with E-state index in [1.54, 1.807) is 12.1 Å². The van der Waals surface area contributed by atoms with E-state index in [4.69, 9.17) is 0 Å². The molecule has 1 amide bonds. The Labute approximate surface area is 196 Å². The smallest absolute Gasteiger partial charge is 0.258 e. The third-order valence-corrected chi connectivity index (χ3v) is 6.37. The molecule has 1 saturated heterocycles. The normalized spacial score (nSPS) is 14.8. The highest BCUT2D eigenvalue weighted by Crippen LogP contribution is 2.27. The summed E-state index contributed by atoms with van der Waals surface area (Å²) in [6, 6.07) is 22.7. The van der Waals surface area contributed by atoms with Gasteiger partial charge in [0, 0.05) is 56.7 Å². The van der Waals surface area contributed by atoms with Crippen molar-refractivity contribution >= 4 is 17.3 Å². The van der Waals surface area contributed by atoms with Crippen molar-refractivity contribution in [3.05, 3.63) is 95.3 Å². The van der Waals surface area contributed by atoms with Crippen molar-refractivity contribution in [1.29, 1.82) is 0 Å². The summed E-state index contributed by atoms with van der Waals surface area (Å²) >= 11 is 0. The highest BCUT2D eigenvalue weighted by atomic mass is 19.1. The molecule has 1 fully saturated rings. The summed E-state index contributed by atoms with van der Waals surface area (Å²) in [5.74, 6) is -0.320. The summed E-state index contributed by atoms with van der Waals surface area (Å²) in [4.78, 5) is 20.0. The van der Waals surface area contributed by atoms with E-state index < -0.39 is 0 Å². The molecular weight excluding hydrogens is 413 g/mol. The zero-order valence-electron chi connectivity index (χ0n) is 19.7. The predicted octanol–water partition coefficient (Wildman–Crippen LogP) is 5.51. The molecule has 0 atom stereocenters. The molecule has 4 nitrogen and oxygen atoms in total.